The monoisotopic (exact) mass is 226 g/mol. The number of hydrogen-bond donors (Lipinski definition) is 0. The van der Waals surface area contributed by atoms with E-state index in [9.17, 15) is 0 Å². The van der Waals surface area contributed by atoms with E-state index in [0.717, 1.165) is 11.2 Å². The van der Waals surface area contributed by atoms with Gasteiger partial charge in [-0.1, -0.05) is 30.4 Å². The Hall–Kier alpha value is -1.83. The predicted octanol–water partition coefficient (Wildman–Crippen LogP) is 3.64. The summed E-state index contributed by atoms with van der Waals surface area (Å²) in [6.45, 7) is 4.06. The zero-order valence-electron chi connectivity index (χ0n) is 10.9. The third-order valence-electron chi connectivity index (χ3n) is 2.80. The van der Waals surface area contributed by atoms with E-state index < -0.39 is 0 Å². The lowest BCUT2D eigenvalue weighted by atomic mass is 10.1. The van der Waals surface area contributed by atoms with Gasteiger partial charge in [-0.2, -0.15) is 0 Å². The molecule has 88 valence electrons. The molecule has 0 saturated heterocycles. The van der Waals surface area contributed by atoms with Crippen LogP contribution in [-0.4, -0.2) is 19.1 Å². The summed E-state index contributed by atoms with van der Waals surface area (Å²) >= 11 is 0. The SMILES string of the molecule is C/C=C\c1ccc2ccc(C)nc2c1N(C)C. The summed E-state index contributed by atoms with van der Waals surface area (Å²) in [6, 6.07) is 8.46. The molecule has 1 heterocycles. The second-order valence-electron chi connectivity index (χ2n) is 4.42. The van der Waals surface area contributed by atoms with E-state index in [0.29, 0.717) is 0 Å². The number of fused-ring (bicyclic) bond motifs is 1. The van der Waals surface area contributed by atoms with Gasteiger partial charge in [-0.15, -0.1) is 0 Å². The van der Waals surface area contributed by atoms with Crippen molar-refractivity contribution in [3.63, 3.8) is 0 Å². The predicted molar refractivity (Wildman–Crippen MR) is 75.5 cm³/mol. The van der Waals surface area contributed by atoms with E-state index in [1.165, 1.54) is 16.6 Å². The third-order valence-corrected chi connectivity index (χ3v) is 2.80. The van der Waals surface area contributed by atoms with Gasteiger partial charge in [0.1, 0.15) is 0 Å². The minimum Gasteiger partial charge on any atom is -0.375 e. The van der Waals surface area contributed by atoms with Gasteiger partial charge >= 0.3 is 0 Å². The van der Waals surface area contributed by atoms with Crippen molar-refractivity contribution >= 4 is 22.7 Å². The van der Waals surface area contributed by atoms with Crippen LogP contribution in [0.2, 0.25) is 0 Å². The lowest BCUT2D eigenvalue weighted by molar-refractivity contribution is 1.12. The summed E-state index contributed by atoms with van der Waals surface area (Å²) in [5.74, 6) is 0. The Kier molecular flexibility index (Phi) is 3.14. The molecule has 0 aliphatic heterocycles. The highest BCUT2D eigenvalue weighted by molar-refractivity contribution is 5.95. The van der Waals surface area contributed by atoms with Crippen LogP contribution >= 0.6 is 0 Å². The van der Waals surface area contributed by atoms with Gasteiger partial charge in [-0.05, 0) is 25.5 Å². The van der Waals surface area contributed by atoms with Crippen molar-refractivity contribution < 1.29 is 0 Å². The minimum atomic E-state index is 1.05. The molecule has 0 saturated carbocycles. The number of pyridine rings is 1. The largest absolute Gasteiger partial charge is 0.375 e. The summed E-state index contributed by atoms with van der Waals surface area (Å²) in [6.07, 6.45) is 4.18. The molecule has 0 bridgehead atoms. The van der Waals surface area contributed by atoms with Crippen molar-refractivity contribution in [1.29, 1.82) is 0 Å². The molecule has 0 amide bonds. The molecule has 1 aromatic heterocycles. The fourth-order valence-electron chi connectivity index (χ4n) is 2.07. The zero-order chi connectivity index (χ0) is 12.4. The minimum absolute atomic E-state index is 1.05. The van der Waals surface area contributed by atoms with Gasteiger partial charge in [0.15, 0.2) is 0 Å². The smallest absolute Gasteiger partial charge is 0.0944 e. The summed E-state index contributed by atoms with van der Waals surface area (Å²) in [5.41, 5.74) is 4.52. The molecular formula is C15H18N2. The van der Waals surface area contributed by atoms with E-state index in [4.69, 9.17) is 0 Å². The topological polar surface area (TPSA) is 16.1 Å². The van der Waals surface area contributed by atoms with Crippen LogP contribution in [0.15, 0.2) is 30.3 Å². The molecule has 0 N–H and O–H groups in total. The molecule has 2 aromatic rings. The van der Waals surface area contributed by atoms with Gasteiger partial charge < -0.3 is 4.90 Å². The lowest BCUT2D eigenvalue weighted by Crippen LogP contribution is -2.11. The summed E-state index contributed by atoms with van der Waals surface area (Å²) in [4.78, 5) is 6.79. The fraction of sp³-hybridized carbons (Fsp3) is 0.267. The number of allylic oxidation sites excluding steroid dienone is 1. The normalized spacial score (nSPS) is 11.3. The van der Waals surface area contributed by atoms with Crippen LogP contribution in [-0.2, 0) is 0 Å². The van der Waals surface area contributed by atoms with Gasteiger partial charge in [0.25, 0.3) is 0 Å². The number of aromatic nitrogens is 1. The molecule has 0 aliphatic carbocycles. The van der Waals surface area contributed by atoms with Gasteiger partial charge in [0, 0.05) is 25.2 Å². The number of anilines is 1. The van der Waals surface area contributed by atoms with Gasteiger partial charge in [-0.25, -0.2) is 0 Å². The number of benzene rings is 1. The molecule has 0 fully saturated rings. The van der Waals surface area contributed by atoms with E-state index in [-0.39, 0.29) is 0 Å². The van der Waals surface area contributed by atoms with Crippen molar-refractivity contribution in [3.05, 3.63) is 41.6 Å². The highest BCUT2D eigenvalue weighted by atomic mass is 15.1. The first-order valence-corrected chi connectivity index (χ1v) is 5.84. The van der Waals surface area contributed by atoms with Gasteiger partial charge in [0.05, 0.1) is 11.2 Å². The van der Waals surface area contributed by atoms with Crippen molar-refractivity contribution in [2.45, 2.75) is 13.8 Å². The molecule has 2 rings (SSSR count). The van der Waals surface area contributed by atoms with Crippen LogP contribution in [0.4, 0.5) is 5.69 Å². The van der Waals surface area contributed by atoms with Crippen molar-refractivity contribution in [2.24, 2.45) is 0 Å². The zero-order valence-corrected chi connectivity index (χ0v) is 10.9. The van der Waals surface area contributed by atoms with Crippen LogP contribution in [0.25, 0.3) is 17.0 Å². The van der Waals surface area contributed by atoms with Crippen molar-refractivity contribution in [3.8, 4) is 0 Å². The molecule has 0 spiro atoms. The first-order chi connectivity index (χ1) is 8.13. The maximum atomic E-state index is 4.66. The highest BCUT2D eigenvalue weighted by Crippen LogP contribution is 2.29. The maximum absolute atomic E-state index is 4.66. The van der Waals surface area contributed by atoms with Crippen molar-refractivity contribution in [1.82, 2.24) is 4.98 Å². The Bertz CT molecular complexity index is 568. The quantitative estimate of drug-likeness (QED) is 0.777. The van der Waals surface area contributed by atoms with Crippen LogP contribution < -0.4 is 4.90 Å². The van der Waals surface area contributed by atoms with E-state index in [2.05, 4.69) is 60.4 Å². The molecule has 0 atom stereocenters. The van der Waals surface area contributed by atoms with E-state index >= 15 is 0 Å². The maximum Gasteiger partial charge on any atom is 0.0944 e. The number of aryl methyl sites for hydroxylation is 1. The summed E-state index contributed by atoms with van der Waals surface area (Å²) in [5, 5.41) is 1.19. The molecule has 17 heavy (non-hydrogen) atoms. The third kappa shape index (κ3) is 2.16. The Labute approximate surface area is 103 Å². The highest BCUT2D eigenvalue weighted by Gasteiger charge is 2.09. The molecule has 0 unspecified atom stereocenters. The molecule has 1 aromatic carbocycles. The average Bonchev–Trinajstić information content (AvgIpc) is 2.28. The summed E-state index contributed by atoms with van der Waals surface area (Å²) in [7, 11) is 4.12. The first kappa shape index (κ1) is 11.6. The lowest BCUT2D eigenvalue weighted by Gasteiger charge is -2.18. The van der Waals surface area contributed by atoms with Gasteiger partial charge in [0.2, 0.25) is 0 Å². The number of rotatable bonds is 2. The summed E-state index contributed by atoms with van der Waals surface area (Å²) < 4.78 is 0. The van der Waals surface area contributed by atoms with Gasteiger partial charge in [-0.3, -0.25) is 4.98 Å². The molecule has 2 nitrogen and oxygen atoms in total. The molecule has 2 heteroatoms. The Morgan fingerprint density at radius 1 is 1.12 bits per heavy atom. The standard InChI is InChI=1S/C15H18N2/c1-5-6-13-10-9-12-8-7-11(2)16-14(12)15(13)17(3)4/h5-10H,1-4H3/b6-5-. The number of nitrogens with zero attached hydrogens (tertiary/aromatic N) is 2. The van der Waals surface area contributed by atoms with Crippen molar-refractivity contribution in [2.75, 3.05) is 19.0 Å². The van der Waals surface area contributed by atoms with E-state index in [1.807, 2.05) is 13.8 Å². The van der Waals surface area contributed by atoms with Crippen LogP contribution in [0, 0.1) is 6.92 Å². The van der Waals surface area contributed by atoms with Crippen LogP contribution in [0.1, 0.15) is 18.2 Å². The Morgan fingerprint density at radius 2 is 1.82 bits per heavy atom. The fourth-order valence-corrected chi connectivity index (χ4v) is 2.07. The molecular weight excluding hydrogens is 208 g/mol. The first-order valence-electron chi connectivity index (χ1n) is 5.84. The molecule has 0 aliphatic rings. The van der Waals surface area contributed by atoms with Crippen LogP contribution in [0.5, 0.6) is 0 Å². The second kappa shape index (κ2) is 4.58. The van der Waals surface area contributed by atoms with Crippen LogP contribution in [0.3, 0.4) is 0 Å². The average molecular weight is 226 g/mol. The Morgan fingerprint density at radius 3 is 2.47 bits per heavy atom. The Balaban J connectivity index is 2.82. The molecule has 0 radical (unpaired) electrons. The second-order valence-corrected chi connectivity index (χ2v) is 4.42. The number of hydrogen-bond acceptors (Lipinski definition) is 2. The van der Waals surface area contributed by atoms with E-state index in [1.54, 1.807) is 0 Å².